The van der Waals surface area contributed by atoms with Crippen LogP contribution in [0, 0.1) is 6.07 Å². The first kappa shape index (κ1) is 10.4. The number of benzene rings is 2. The van der Waals surface area contributed by atoms with Gasteiger partial charge in [-0.3, -0.25) is 4.79 Å². The number of carbonyl (C=O) groups is 1. The molecule has 79 valence electrons. The summed E-state index contributed by atoms with van der Waals surface area (Å²) >= 11 is 0. The van der Waals surface area contributed by atoms with Gasteiger partial charge in [0, 0.05) is 0 Å². The summed E-state index contributed by atoms with van der Waals surface area (Å²) in [5, 5.41) is 0. The molecular weight excluding hydrogens is 200 g/mol. The summed E-state index contributed by atoms with van der Waals surface area (Å²) in [5.74, 6) is 0.303. The van der Waals surface area contributed by atoms with E-state index in [0.29, 0.717) is 12.2 Å². The molecule has 0 saturated carbocycles. The van der Waals surface area contributed by atoms with Gasteiger partial charge in [-0.25, -0.2) is 0 Å². The van der Waals surface area contributed by atoms with Crippen molar-refractivity contribution in [2.45, 2.75) is 6.42 Å². The number of esters is 1. The highest BCUT2D eigenvalue weighted by Crippen LogP contribution is 2.09. The van der Waals surface area contributed by atoms with E-state index in [-0.39, 0.29) is 5.97 Å². The average Bonchev–Trinajstić information content (AvgIpc) is 2.31. The molecular formula is C14H11O2. The van der Waals surface area contributed by atoms with Gasteiger partial charge in [-0.2, -0.15) is 0 Å². The molecule has 0 spiro atoms. The largest absolute Gasteiger partial charge is 0.426 e. The molecule has 0 amide bonds. The molecule has 0 fully saturated rings. The fourth-order valence-corrected chi connectivity index (χ4v) is 1.37. The zero-order valence-corrected chi connectivity index (χ0v) is 8.72. The average molecular weight is 211 g/mol. The molecule has 0 saturated heterocycles. The second kappa shape index (κ2) is 5.12. The van der Waals surface area contributed by atoms with E-state index in [2.05, 4.69) is 6.07 Å². The molecule has 2 aromatic carbocycles. The lowest BCUT2D eigenvalue weighted by atomic mass is 10.2. The first-order chi connectivity index (χ1) is 7.84. The molecule has 0 atom stereocenters. The van der Waals surface area contributed by atoms with Crippen molar-refractivity contribution in [2.75, 3.05) is 0 Å². The predicted octanol–water partition coefficient (Wildman–Crippen LogP) is 2.63. The molecule has 2 nitrogen and oxygen atoms in total. The van der Waals surface area contributed by atoms with E-state index >= 15 is 0 Å². The number of hydrogen-bond donors (Lipinski definition) is 0. The van der Waals surface area contributed by atoms with Gasteiger partial charge in [0.25, 0.3) is 0 Å². The maximum atomic E-state index is 11.5. The minimum Gasteiger partial charge on any atom is -0.426 e. The monoisotopic (exact) mass is 211 g/mol. The third-order valence-corrected chi connectivity index (χ3v) is 2.11. The van der Waals surface area contributed by atoms with Crippen molar-refractivity contribution in [3.05, 3.63) is 66.2 Å². The molecule has 0 aromatic heterocycles. The Balaban J connectivity index is 1.95. The Kier molecular flexibility index (Phi) is 3.34. The van der Waals surface area contributed by atoms with Gasteiger partial charge in [-0.05, 0) is 23.8 Å². The zero-order valence-electron chi connectivity index (χ0n) is 8.72. The van der Waals surface area contributed by atoms with Crippen LogP contribution < -0.4 is 4.74 Å². The van der Waals surface area contributed by atoms with Crippen LogP contribution in [0.1, 0.15) is 5.56 Å². The van der Waals surface area contributed by atoms with Crippen LogP contribution in [0.4, 0.5) is 0 Å². The topological polar surface area (TPSA) is 26.3 Å². The summed E-state index contributed by atoms with van der Waals surface area (Å²) in [5.41, 5.74) is 0.954. The smallest absolute Gasteiger partial charge is 0.315 e. The SMILES string of the molecule is O=C(Cc1ccccc1)Oc1cc[c]cc1. The van der Waals surface area contributed by atoms with Crippen molar-refractivity contribution in [2.24, 2.45) is 0 Å². The van der Waals surface area contributed by atoms with Gasteiger partial charge in [-0.15, -0.1) is 0 Å². The van der Waals surface area contributed by atoms with Crippen molar-refractivity contribution in [3.63, 3.8) is 0 Å². The minimum absolute atomic E-state index is 0.252. The van der Waals surface area contributed by atoms with E-state index < -0.39 is 0 Å². The second-order valence-corrected chi connectivity index (χ2v) is 3.37. The maximum Gasteiger partial charge on any atom is 0.315 e. The standard InChI is InChI=1S/C14H11O2/c15-14(11-12-7-3-1-4-8-12)16-13-9-5-2-6-10-13/h1,3-10H,11H2. The van der Waals surface area contributed by atoms with Crippen LogP contribution >= 0.6 is 0 Å². The molecule has 2 aromatic rings. The van der Waals surface area contributed by atoms with Crippen molar-refractivity contribution < 1.29 is 9.53 Å². The van der Waals surface area contributed by atoms with Crippen molar-refractivity contribution in [1.29, 1.82) is 0 Å². The number of ether oxygens (including phenoxy) is 1. The Bertz CT molecular complexity index is 405. The summed E-state index contributed by atoms with van der Waals surface area (Å²) < 4.78 is 5.16. The third-order valence-electron chi connectivity index (χ3n) is 2.11. The Morgan fingerprint density at radius 2 is 1.75 bits per heavy atom. The van der Waals surface area contributed by atoms with E-state index in [1.165, 1.54) is 0 Å². The zero-order chi connectivity index (χ0) is 11.2. The first-order valence-corrected chi connectivity index (χ1v) is 5.05. The van der Waals surface area contributed by atoms with E-state index in [0.717, 1.165) is 5.56 Å². The molecule has 0 N–H and O–H groups in total. The second-order valence-electron chi connectivity index (χ2n) is 3.37. The van der Waals surface area contributed by atoms with E-state index in [1.54, 1.807) is 24.3 Å². The Morgan fingerprint density at radius 3 is 2.44 bits per heavy atom. The number of hydrogen-bond acceptors (Lipinski definition) is 2. The molecule has 2 heteroatoms. The van der Waals surface area contributed by atoms with Crippen LogP contribution in [0.3, 0.4) is 0 Å². The predicted molar refractivity (Wildman–Crippen MR) is 61.1 cm³/mol. The highest BCUT2D eigenvalue weighted by Gasteiger charge is 2.05. The number of rotatable bonds is 3. The van der Waals surface area contributed by atoms with Crippen LogP contribution in [-0.4, -0.2) is 5.97 Å². The molecule has 2 rings (SSSR count). The fourth-order valence-electron chi connectivity index (χ4n) is 1.37. The normalized spacial score (nSPS) is 9.75. The summed E-state index contributed by atoms with van der Waals surface area (Å²) in [6.07, 6.45) is 0.291. The minimum atomic E-state index is -0.252. The van der Waals surface area contributed by atoms with Gasteiger partial charge < -0.3 is 4.74 Å². The van der Waals surface area contributed by atoms with Crippen molar-refractivity contribution in [3.8, 4) is 5.75 Å². The highest BCUT2D eigenvalue weighted by atomic mass is 16.5. The van der Waals surface area contributed by atoms with Gasteiger partial charge in [0.05, 0.1) is 6.42 Å². The van der Waals surface area contributed by atoms with Crippen LogP contribution in [0.2, 0.25) is 0 Å². The summed E-state index contributed by atoms with van der Waals surface area (Å²) in [6.45, 7) is 0. The lowest BCUT2D eigenvalue weighted by molar-refractivity contribution is -0.133. The van der Waals surface area contributed by atoms with Crippen molar-refractivity contribution in [1.82, 2.24) is 0 Å². The summed E-state index contributed by atoms with van der Waals surface area (Å²) in [6, 6.07) is 19.2. The van der Waals surface area contributed by atoms with Gasteiger partial charge in [0.15, 0.2) is 0 Å². The summed E-state index contributed by atoms with van der Waals surface area (Å²) in [4.78, 5) is 11.5. The van der Waals surface area contributed by atoms with Gasteiger partial charge >= 0.3 is 5.97 Å². The summed E-state index contributed by atoms with van der Waals surface area (Å²) in [7, 11) is 0. The van der Waals surface area contributed by atoms with E-state index in [1.807, 2.05) is 30.3 Å². The molecule has 16 heavy (non-hydrogen) atoms. The fraction of sp³-hybridized carbons (Fsp3) is 0.0714. The van der Waals surface area contributed by atoms with Crippen LogP contribution in [-0.2, 0) is 11.2 Å². The van der Waals surface area contributed by atoms with Crippen LogP contribution in [0.25, 0.3) is 0 Å². The number of carbonyl (C=O) groups excluding carboxylic acids is 1. The van der Waals surface area contributed by atoms with Crippen LogP contribution in [0.5, 0.6) is 5.75 Å². The lowest BCUT2D eigenvalue weighted by Gasteiger charge is -2.03. The molecule has 0 aliphatic carbocycles. The van der Waals surface area contributed by atoms with E-state index in [4.69, 9.17) is 4.74 Å². The molecule has 0 unspecified atom stereocenters. The Morgan fingerprint density at radius 1 is 1.06 bits per heavy atom. The Labute approximate surface area is 94.5 Å². The van der Waals surface area contributed by atoms with Gasteiger partial charge in [0.2, 0.25) is 0 Å². The molecule has 0 aliphatic rings. The first-order valence-electron chi connectivity index (χ1n) is 5.05. The lowest BCUT2D eigenvalue weighted by Crippen LogP contribution is -2.10. The Hall–Kier alpha value is -2.09. The third kappa shape index (κ3) is 2.95. The molecule has 0 aliphatic heterocycles. The maximum absolute atomic E-state index is 11.5. The van der Waals surface area contributed by atoms with Gasteiger partial charge in [0.1, 0.15) is 5.75 Å². The highest BCUT2D eigenvalue weighted by molar-refractivity contribution is 5.75. The molecule has 1 radical (unpaired) electrons. The van der Waals surface area contributed by atoms with Crippen molar-refractivity contribution >= 4 is 5.97 Å². The van der Waals surface area contributed by atoms with Gasteiger partial charge in [-0.1, -0.05) is 42.5 Å². The quantitative estimate of drug-likeness (QED) is 0.576. The molecule has 0 bridgehead atoms. The van der Waals surface area contributed by atoms with E-state index in [9.17, 15) is 4.79 Å². The van der Waals surface area contributed by atoms with Crippen LogP contribution in [0.15, 0.2) is 54.6 Å². The molecule has 0 heterocycles.